The molecular weight excluding hydrogens is 236 g/mol. The second kappa shape index (κ2) is 6.11. The van der Waals surface area contributed by atoms with Crippen LogP contribution in [0.2, 0.25) is 0 Å². The van der Waals surface area contributed by atoms with Crippen LogP contribution in [-0.2, 0) is 0 Å². The van der Waals surface area contributed by atoms with Gasteiger partial charge in [0.25, 0.3) is 0 Å². The Balaban J connectivity index is 1.53. The Morgan fingerprint density at radius 1 is 1.05 bits per heavy atom. The van der Waals surface area contributed by atoms with Gasteiger partial charge in [-0.25, -0.2) is 0 Å². The van der Waals surface area contributed by atoms with Gasteiger partial charge < -0.3 is 15.7 Å². The van der Waals surface area contributed by atoms with E-state index in [1.54, 1.807) is 0 Å². The van der Waals surface area contributed by atoms with E-state index in [1.165, 1.54) is 64.3 Å². The molecule has 3 heteroatoms. The smallest absolute Gasteiger partial charge is 0.0499 e. The molecule has 3 nitrogen and oxygen atoms in total. The lowest BCUT2D eigenvalue weighted by atomic mass is 9.86. The summed E-state index contributed by atoms with van der Waals surface area (Å²) in [6.07, 6.45) is 11.9. The van der Waals surface area contributed by atoms with E-state index in [0.29, 0.717) is 12.6 Å². The third kappa shape index (κ3) is 2.98. The standard InChI is InChI=1S/C16H30N2O/c19-12-16(8-1-2-9-16)11-18-15-6-3-5-13(15)14-7-4-10-17-14/h13-15,17-19H,1-12H2. The van der Waals surface area contributed by atoms with Crippen molar-refractivity contribution in [2.24, 2.45) is 11.3 Å². The predicted molar refractivity (Wildman–Crippen MR) is 78.1 cm³/mol. The highest BCUT2D eigenvalue weighted by molar-refractivity contribution is 4.95. The molecule has 3 atom stereocenters. The summed E-state index contributed by atoms with van der Waals surface area (Å²) in [6, 6.07) is 1.45. The minimum atomic E-state index is 0.205. The molecule has 3 fully saturated rings. The molecule has 0 radical (unpaired) electrons. The Morgan fingerprint density at radius 2 is 1.89 bits per heavy atom. The van der Waals surface area contributed by atoms with E-state index in [-0.39, 0.29) is 5.41 Å². The van der Waals surface area contributed by atoms with Crippen LogP contribution in [0.25, 0.3) is 0 Å². The number of aliphatic hydroxyl groups is 1. The minimum Gasteiger partial charge on any atom is -0.396 e. The van der Waals surface area contributed by atoms with Crippen molar-refractivity contribution in [2.75, 3.05) is 19.7 Å². The quantitative estimate of drug-likeness (QED) is 0.713. The van der Waals surface area contributed by atoms with Gasteiger partial charge in [0, 0.05) is 30.7 Å². The fraction of sp³-hybridized carbons (Fsp3) is 1.00. The van der Waals surface area contributed by atoms with E-state index in [9.17, 15) is 5.11 Å². The van der Waals surface area contributed by atoms with Crippen LogP contribution in [-0.4, -0.2) is 36.9 Å². The number of hydrogen-bond acceptors (Lipinski definition) is 3. The summed E-state index contributed by atoms with van der Waals surface area (Å²) in [5.41, 5.74) is 0.205. The Bertz CT molecular complexity index is 282. The third-order valence-electron chi connectivity index (χ3n) is 5.92. The molecule has 2 aliphatic carbocycles. The zero-order valence-electron chi connectivity index (χ0n) is 12.2. The van der Waals surface area contributed by atoms with Crippen molar-refractivity contribution >= 4 is 0 Å². The van der Waals surface area contributed by atoms with Gasteiger partial charge in [-0.1, -0.05) is 19.3 Å². The number of nitrogens with one attached hydrogen (secondary N) is 2. The largest absolute Gasteiger partial charge is 0.396 e. The minimum absolute atomic E-state index is 0.205. The highest BCUT2D eigenvalue weighted by atomic mass is 16.3. The molecule has 0 aromatic heterocycles. The summed E-state index contributed by atoms with van der Waals surface area (Å²) in [7, 11) is 0. The molecule has 1 heterocycles. The van der Waals surface area contributed by atoms with Gasteiger partial charge >= 0.3 is 0 Å². The molecule has 1 saturated heterocycles. The maximum atomic E-state index is 9.72. The van der Waals surface area contributed by atoms with Gasteiger partial charge in [0.05, 0.1) is 0 Å². The zero-order chi connectivity index (χ0) is 13.1. The van der Waals surface area contributed by atoms with Gasteiger partial charge in [0.2, 0.25) is 0 Å². The van der Waals surface area contributed by atoms with E-state index < -0.39 is 0 Å². The Hall–Kier alpha value is -0.120. The van der Waals surface area contributed by atoms with Crippen LogP contribution in [0.3, 0.4) is 0 Å². The van der Waals surface area contributed by atoms with Crippen LogP contribution in [0.4, 0.5) is 0 Å². The second-order valence-corrected chi connectivity index (χ2v) is 7.15. The molecule has 19 heavy (non-hydrogen) atoms. The normalized spacial score (nSPS) is 38.1. The van der Waals surface area contributed by atoms with Crippen molar-refractivity contribution < 1.29 is 5.11 Å². The molecule has 1 aliphatic heterocycles. The summed E-state index contributed by atoms with van der Waals surface area (Å²) in [6.45, 7) is 2.63. The van der Waals surface area contributed by atoms with Crippen molar-refractivity contribution in [3.05, 3.63) is 0 Å². The van der Waals surface area contributed by atoms with Crippen molar-refractivity contribution in [3.63, 3.8) is 0 Å². The average Bonchev–Trinajstić information content (AvgIpc) is 3.17. The van der Waals surface area contributed by atoms with Gasteiger partial charge in [-0.15, -0.1) is 0 Å². The first-order valence-electron chi connectivity index (χ1n) is 8.41. The molecule has 2 saturated carbocycles. The highest BCUT2D eigenvalue weighted by Crippen LogP contribution is 2.38. The van der Waals surface area contributed by atoms with E-state index in [1.807, 2.05) is 0 Å². The number of rotatable bonds is 5. The van der Waals surface area contributed by atoms with Crippen LogP contribution in [0.1, 0.15) is 57.8 Å². The van der Waals surface area contributed by atoms with E-state index in [4.69, 9.17) is 0 Å². The molecule has 0 amide bonds. The van der Waals surface area contributed by atoms with Gasteiger partial charge in [0.15, 0.2) is 0 Å². The van der Waals surface area contributed by atoms with Crippen LogP contribution in [0.5, 0.6) is 0 Å². The topological polar surface area (TPSA) is 44.3 Å². The Kier molecular flexibility index (Phi) is 4.45. The average molecular weight is 266 g/mol. The lowest BCUT2D eigenvalue weighted by Crippen LogP contribution is -2.46. The van der Waals surface area contributed by atoms with Gasteiger partial charge in [0.1, 0.15) is 0 Å². The van der Waals surface area contributed by atoms with Crippen molar-refractivity contribution in [2.45, 2.75) is 69.9 Å². The Labute approximate surface area is 117 Å². The van der Waals surface area contributed by atoms with E-state index in [2.05, 4.69) is 10.6 Å². The lowest BCUT2D eigenvalue weighted by molar-refractivity contribution is 0.121. The molecule has 0 aromatic rings. The highest BCUT2D eigenvalue weighted by Gasteiger charge is 2.38. The lowest BCUT2D eigenvalue weighted by Gasteiger charge is -2.32. The molecule has 0 aromatic carbocycles. The van der Waals surface area contributed by atoms with Crippen LogP contribution < -0.4 is 10.6 Å². The summed E-state index contributed by atoms with van der Waals surface area (Å²) in [5.74, 6) is 0.833. The molecule has 110 valence electrons. The van der Waals surface area contributed by atoms with Gasteiger partial charge in [-0.2, -0.15) is 0 Å². The Morgan fingerprint density at radius 3 is 2.58 bits per heavy atom. The number of hydrogen-bond donors (Lipinski definition) is 3. The molecule has 3 unspecified atom stereocenters. The van der Waals surface area contributed by atoms with Crippen molar-refractivity contribution in [1.82, 2.24) is 10.6 Å². The monoisotopic (exact) mass is 266 g/mol. The van der Waals surface area contributed by atoms with Crippen molar-refractivity contribution in [3.8, 4) is 0 Å². The first-order valence-corrected chi connectivity index (χ1v) is 8.41. The maximum absolute atomic E-state index is 9.72. The SMILES string of the molecule is OCC1(CNC2CCCC2C2CCCN2)CCCC1. The molecule has 0 bridgehead atoms. The number of aliphatic hydroxyl groups excluding tert-OH is 1. The van der Waals surface area contributed by atoms with Crippen molar-refractivity contribution in [1.29, 1.82) is 0 Å². The molecule has 0 spiro atoms. The summed E-state index contributed by atoms with van der Waals surface area (Å²) < 4.78 is 0. The first-order chi connectivity index (χ1) is 9.33. The van der Waals surface area contributed by atoms with Gasteiger partial charge in [-0.3, -0.25) is 0 Å². The van der Waals surface area contributed by atoms with Crippen LogP contribution in [0, 0.1) is 11.3 Å². The summed E-state index contributed by atoms with van der Waals surface area (Å²) >= 11 is 0. The fourth-order valence-electron chi connectivity index (χ4n) is 4.66. The second-order valence-electron chi connectivity index (χ2n) is 7.15. The van der Waals surface area contributed by atoms with E-state index in [0.717, 1.165) is 18.5 Å². The maximum Gasteiger partial charge on any atom is 0.0499 e. The van der Waals surface area contributed by atoms with Crippen LogP contribution in [0.15, 0.2) is 0 Å². The zero-order valence-corrected chi connectivity index (χ0v) is 12.2. The fourth-order valence-corrected chi connectivity index (χ4v) is 4.66. The third-order valence-corrected chi connectivity index (χ3v) is 5.92. The summed E-state index contributed by atoms with van der Waals surface area (Å²) in [4.78, 5) is 0. The summed E-state index contributed by atoms with van der Waals surface area (Å²) in [5, 5.41) is 17.2. The van der Waals surface area contributed by atoms with Crippen LogP contribution >= 0.6 is 0 Å². The van der Waals surface area contributed by atoms with E-state index >= 15 is 0 Å². The molecule has 3 aliphatic rings. The first kappa shape index (κ1) is 13.8. The molecular formula is C16H30N2O. The molecule has 3 rings (SSSR count). The molecule has 3 N–H and O–H groups in total. The van der Waals surface area contributed by atoms with Gasteiger partial charge in [-0.05, 0) is 51.0 Å². The predicted octanol–water partition coefficient (Wildman–Crippen LogP) is 2.05.